The molecule has 0 aliphatic heterocycles. The van der Waals surface area contributed by atoms with Gasteiger partial charge in [0, 0.05) is 18.8 Å². The van der Waals surface area contributed by atoms with Crippen LogP contribution in [-0.4, -0.2) is 9.55 Å². The zero-order chi connectivity index (χ0) is 9.14. The van der Waals surface area contributed by atoms with Gasteiger partial charge in [-0.05, 0) is 12.8 Å². The Hall–Kier alpha value is -0.830. The Morgan fingerprint density at radius 3 is 2.67 bits per heavy atom. The Morgan fingerprint density at radius 1 is 1.50 bits per heavy atom. The van der Waals surface area contributed by atoms with E-state index in [1.165, 1.54) is 0 Å². The molecule has 0 aromatic carbocycles. The summed E-state index contributed by atoms with van der Waals surface area (Å²) >= 11 is 0. The lowest BCUT2D eigenvalue weighted by molar-refractivity contribution is 0.500. The minimum absolute atomic E-state index is 0.0752. The van der Waals surface area contributed by atoms with Crippen LogP contribution in [0.5, 0.6) is 0 Å². The average Bonchev–Trinajstić information content (AvgIpc) is 2.33. The lowest BCUT2D eigenvalue weighted by atomic mass is 10.2. The number of hydrogen-bond acceptors (Lipinski definition) is 2. The van der Waals surface area contributed by atoms with Crippen LogP contribution < -0.4 is 5.73 Å². The van der Waals surface area contributed by atoms with Crippen LogP contribution in [0.4, 0.5) is 0 Å². The van der Waals surface area contributed by atoms with Crippen LogP contribution in [0.3, 0.4) is 0 Å². The fourth-order valence-corrected chi connectivity index (χ4v) is 1.26. The third-order valence-electron chi connectivity index (χ3n) is 1.77. The monoisotopic (exact) mass is 167 g/mol. The summed E-state index contributed by atoms with van der Waals surface area (Å²) in [5.74, 6) is 0.636. The molecule has 0 bridgehead atoms. The highest BCUT2D eigenvalue weighted by Gasteiger charge is 2.06. The van der Waals surface area contributed by atoms with E-state index in [1.54, 1.807) is 0 Å². The van der Waals surface area contributed by atoms with E-state index in [0.717, 1.165) is 12.2 Å². The van der Waals surface area contributed by atoms with Gasteiger partial charge < -0.3 is 10.3 Å². The molecule has 0 aliphatic carbocycles. The first-order valence-electron chi connectivity index (χ1n) is 4.37. The van der Waals surface area contributed by atoms with E-state index in [9.17, 15) is 0 Å². The normalized spacial score (nSPS) is 13.8. The molecule has 0 radical (unpaired) electrons. The van der Waals surface area contributed by atoms with Crippen LogP contribution >= 0.6 is 0 Å². The predicted octanol–water partition coefficient (Wildman–Crippen LogP) is 1.56. The standard InChI is InChI=1S/C9H17N3/c1-7(2)5-12-6-11-4-9(12)8(3)10/h4,6-8H,5,10H2,1-3H3. The van der Waals surface area contributed by atoms with Crippen LogP contribution in [0.1, 0.15) is 32.5 Å². The van der Waals surface area contributed by atoms with Crippen molar-refractivity contribution in [3.05, 3.63) is 18.2 Å². The van der Waals surface area contributed by atoms with Crippen molar-refractivity contribution >= 4 is 0 Å². The summed E-state index contributed by atoms with van der Waals surface area (Å²) in [6.45, 7) is 7.35. The number of nitrogens with two attached hydrogens (primary N) is 1. The molecule has 1 atom stereocenters. The molecule has 1 rings (SSSR count). The lowest BCUT2D eigenvalue weighted by Crippen LogP contribution is -2.13. The minimum atomic E-state index is 0.0752. The van der Waals surface area contributed by atoms with Gasteiger partial charge in [0.15, 0.2) is 0 Å². The molecule has 0 saturated carbocycles. The van der Waals surface area contributed by atoms with Gasteiger partial charge in [0.1, 0.15) is 0 Å². The van der Waals surface area contributed by atoms with Gasteiger partial charge in [0.2, 0.25) is 0 Å². The summed E-state index contributed by atoms with van der Waals surface area (Å²) in [6.07, 6.45) is 3.69. The van der Waals surface area contributed by atoms with Crippen molar-refractivity contribution in [3.8, 4) is 0 Å². The zero-order valence-electron chi connectivity index (χ0n) is 7.99. The van der Waals surface area contributed by atoms with Crippen LogP contribution in [-0.2, 0) is 6.54 Å². The third kappa shape index (κ3) is 2.08. The molecule has 0 spiro atoms. The van der Waals surface area contributed by atoms with E-state index in [-0.39, 0.29) is 6.04 Å². The van der Waals surface area contributed by atoms with Crippen molar-refractivity contribution < 1.29 is 0 Å². The van der Waals surface area contributed by atoms with E-state index >= 15 is 0 Å². The largest absolute Gasteiger partial charge is 0.333 e. The quantitative estimate of drug-likeness (QED) is 0.742. The Morgan fingerprint density at radius 2 is 2.17 bits per heavy atom. The predicted molar refractivity (Wildman–Crippen MR) is 49.7 cm³/mol. The second kappa shape index (κ2) is 3.72. The number of hydrogen-bond donors (Lipinski definition) is 1. The van der Waals surface area contributed by atoms with Crippen molar-refractivity contribution in [2.75, 3.05) is 0 Å². The smallest absolute Gasteiger partial charge is 0.0948 e. The van der Waals surface area contributed by atoms with Crippen molar-refractivity contribution in [1.82, 2.24) is 9.55 Å². The highest BCUT2D eigenvalue weighted by molar-refractivity contribution is 5.02. The first-order valence-corrected chi connectivity index (χ1v) is 4.37. The SMILES string of the molecule is CC(C)Cn1cncc1C(C)N. The molecule has 12 heavy (non-hydrogen) atoms. The van der Waals surface area contributed by atoms with Gasteiger partial charge in [0.05, 0.1) is 12.0 Å². The molecule has 1 heterocycles. The Bertz CT molecular complexity index is 238. The van der Waals surface area contributed by atoms with E-state index in [4.69, 9.17) is 5.73 Å². The minimum Gasteiger partial charge on any atom is -0.333 e. The maximum atomic E-state index is 5.77. The van der Waals surface area contributed by atoms with E-state index in [1.807, 2.05) is 19.4 Å². The fraction of sp³-hybridized carbons (Fsp3) is 0.667. The zero-order valence-corrected chi connectivity index (χ0v) is 7.99. The van der Waals surface area contributed by atoms with E-state index < -0.39 is 0 Å². The molecule has 0 saturated heterocycles. The molecule has 68 valence electrons. The summed E-state index contributed by atoms with van der Waals surface area (Å²) in [6, 6.07) is 0.0752. The van der Waals surface area contributed by atoms with Gasteiger partial charge in [-0.1, -0.05) is 13.8 Å². The second-order valence-electron chi connectivity index (χ2n) is 3.65. The molecule has 3 nitrogen and oxygen atoms in total. The number of rotatable bonds is 3. The van der Waals surface area contributed by atoms with Crippen molar-refractivity contribution in [2.45, 2.75) is 33.4 Å². The van der Waals surface area contributed by atoms with Gasteiger partial charge >= 0.3 is 0 Å². The first-order chi connectivity index (χ1) is 5.61. The molecule has 0 amide bonds. The maximum Gasteiger partial charge on any atom is 0.0948 e. The fourth-order valence-electron chi connectivity index (χ4n) is 1.26. The van der Waals surface area contributed by atoms with Gasteiger partial charge in [-0.15, -0.1) is 0 Å². The molecule has 3 heteroatoms. The van der Waals surface area contributed by atoms with Crippen molar-refractivity contribution in [3.63, 3.8) is 0 Å². The Balaban J connectivity index is 2.77. The topological polar surface area (TPSA) is 43.8 Å². The van der Waals surface area contributed by atoms with Crippen molar-refractivity contribution in [2.24, 2.45) is 11.7 Å². The van der Waals surface area contributed by atoms with Crippen LogP contribution in [0.2, 0.25) is 0 Å². The summed E-state index contributed by atoms with van der Waals surface area (Å²) in [4.78, 5) is 4.08. The summed E-state index contributed by atoms with van der Waals surface area (Å²) in [5.41, 5.74) is 6.89. The molecule has 1 aromatic rings. The van der Waals surface area contributed by atoms with Gasteiger partial charge in [-0.2, -0.15) is 0 Å². The second-order valence-corrected chi connectivity index (χ2v) is 3.65. The first kappa shape index (κ1) is 9.26. The van der Waals surface area contributed by atoms with Gasteiger partial charge in [0.25, 0.3) is 0 Å². The third-order valence-corrected chi connectivity index (χ3v) is 1.77. The number of imidazole rings is 1. The Labute approximate surface area is 73.6 Å². The molecule has 1 aromatic heterocycles. The summed E-state index contributed by atoms with van der Waals surface area (Å²) in [7, 11) is 0. The van der Waals surface area contributed by atoms with Crippen LogP contribution in [0, 0.1) is 5.92 Å². The molecule has 0 aliphatic rings. The Kier molecular flexibility index (Phi) is 2.87. The maximum absolute atomic E-state index is 5.77. The van der Waals surface area contributed by atoms with E-state index in [2.05, 4.69) is 23.4 Å². The lowest BCUT2D eigenvalue weighted by Gasteiger charge is -2.12. The van der Waals surface area contributed by atoms with Crippen molar-refractivity contribution in [1.29, 1.82) is 0 Å². The highest BCUT2D eigenvalue weighted by atomic mass is 15.1. The number of aromatic nitrogens is 2. The molecule has 1 unspecified atom stereocenters. The summed E-state index contributed by atoms with van der Waals surface area (Å²) < 4.78 is 2.12. The molecular weight excluding hydrogens is 150 g/mol. The van der Waals surface area contributed by atoms with E-state index in [0.29, 0.717) is 5.92 Å². The number of nitrogens with zero attached hydrogens (tertiary/aromatic N) is 2. The van der Waals surface area contributed by atoms with Gasteiger partial charge in [-0.25, -0.2) is 4.98 Å². The highest BCUT2D eigenvalue weighted by Crippen LogP contribution is 2.10. The summed E-state index contributed by atoms with van der Waals surface area (Å²) in [5, 5.41) is 0. The van der Waals surface area contributed by atoms with Crippen LogP contribution in [0.15, 0.2) is 12.5 Å². The van der Waals surface area contributed by atoms with Crippen LogP contribution in [0.25, 0.3) is 0 Å². The molecule has 2 N–H and O–H groups in total. The molecule has 0 fully saturated rings. The average molecular weight is 167 g/mol. The molecular formula is C9H17N3. The van der Waals surface area contributed by atoms with Gasteiger partial charge in [-0.3, -0.25) is 0 Å².